The predicted molar refractivity (Wildman–Crippen MR) is 104 cm³/mol. The minimum Gasteiger partial charge on any atom is -0.457 e. The van der Waals surface area contributed by atoms with Crippen LogP contribution in [0.2, 0.25) is 0 Å². The number of amides is 1. The Morgan fingerprint density at radius 2 is 1.93 bits per heavy atom. The van der Waals surface area contributed by atoms with E-state index in [4.69, 9.17) is 4.42 Å². The summed E-state index contributed by atoms with van der Waals surface area (Å²) in [7, 11) is 0. The second-order valence-electron chi connectivity index (χ2n) is 6.00. The SMILES string of the molecule is Cc1ccc(-c2ccc(C=C(C#N)C(=O)Nc3cccc([N+](=O)[O-])c3)o2)cc1. The van der Waals surface area contributed by atoms with Crippen molar-refractivity contribution in [1.29, 1.82) is 5.26 Å². The van der Waals surface area contributed by atoms with Crippen LogP contribution in [0.3, 0.4) is 0 Å². The highest BCUT2D eigenvalue weighted by Crippen LogP contribution is 2.24. The highest BCUT2D eigenvalue weighted by Gasteiger charge is 2.13. The second kappa shape index (κ2) is 8.01. The van der Waals surface area contributed by atoms with E-state index in [0.717, 1.165) is 11.1 Å². The number of nitrogens with zero attached hydrogens (tertiary/aromatic N) is 2. The number of hydrogen-bond donors (Lipinski definition) is 1. The maximum Gasteiger partial charge on any atom is 0.271 e. The molecule has 1 amide bonds. The van der Waals surface area contributed by atoms with E-state index in [1.54, 1.807) is 12.1 Å². The van der Waals surface area contributed by atoms with Gasteiger partial charge in [-0.15, -0.1) is 0 Å². The van der Waals surface area contributed by atoms with Gasteiger partial charge in [-0.3, -0.25) is 14.9 Å². The average Bonchev–Trinajstić information content (AvgIpc) is 3.15. The number of aryl methyl sites for hydroxylation is 1. The molecule has 0 unspecified atom stereocenters. The smallest absolute Gasteiger partial charge is 0.271 e. The molecule has 2 aromatic carbocycles. The van der Waals surface area contributed by atoms with Gasteiger partial charge in [0.25, 0.3) is 11.6 Å². The molecule has 0 aliphatic rings. The van der Waals surface area contributed by atoms with Crippen molar-refractivity contribution in [3.05, 3.63) is 87.7 Å². The molecule has 1 aromatic heterocycles. The van der Waals surface area contributed by atoms with Crippen molar-refractivity contribution in [1.82, 2.24) is 0 Å². The van der Waals surface area contributed by atoms with Gasteiger partial charge in [0.2, 0.25) is 0 Å². The van der Waals surface area contributed by atoms with E-state index in [9.17, 15) is 20.2 Å². The zero-order chi connectivity index (χ0) is 20.1. The third kappa shape index (κ3) is 4.31. The molecule has 0 bridgehead atoms. The van der Waals surface area contributed by atoms with Gasteiger partial charge in [-0.25, -0.2) is 0 Å². The Morgan fingerprint density at radius 1 is 1.18 bits per heavy atom. The first-order valence-electron chi connectivity index (χ1n) is 8.31. The predicted octanol–water partition coefficient (Wildman–Crippen LogP) is 4.71. The summed E-state index contributed by atoms with van der Waals surface area (Å²) in [5, 5.41) is 22.6. The number of carbonyl (C=O) groups is 1. The van der Waals surface area contributed by atoms with Crippen molar-refractivity contribution in [2.24, 2.45) is 0 Å². The summed E-state index contributed by atoms with van der Waals surface area (Å²) >= 11 is 0. The van der Waals surface area contributed by atoms with Gasteiger partial charge in [-0.05, 0) is 25.1 Å². The Hall–Kier alpha value is -4.18. The fraction of sp³-hybridized carbons (Fsp3) is 0.0476. The normalized spacial score (nSPS) is 10.9. The van der Waals surface area contributed by atoms with Gasteiger partial charge < -0.3 is 9.73 Å². The van der Waals surface area contributed by atoms with E-state index in [2.05, 4.69) is 5.32 Å². The molecule has 0 atom stereocenters. The van der Waals surface area contributed by atoms with Crippen molar-refractivity contribution in [2.75, 3.05) is 5.32 Å². The fourth-order valence-corrected chi connectivity index (χ4v) is 2.49. The lowest BCUT2D eigenvalue weighted by Gasteiger charge is -2.03. The Bertz CT molecular complexity index is 1110. The van der Waals surface area contributed by atoms with Crippen LogP contribution < -0.4 is 5.32 Å². The lowest BCUT2D eigenvalue weighted by molar-refractivity contribution is -0.384. The average molecular weight is 373 g/mol. The van der Waals surface area contributed by atoms with E-state index in [0.29, 0.717) is 11.5 Å². The molecule has 7 nitrogen and oxygen atoms in total. The van der Waals surface area contributed by atoms with Gasteiger partial charge >= 0.3 is 0 Å². The lowest BCUT2D eigenvalue weighted by atomic mass is 10.1. The van der Waals surface area contributed by atoms with Gasteiger partial charge in [0, 0.05) is 29.5 Å². The molecule has 7 heteroatoms. The number of nitro benzene ring substituents is 1. The summed E-state index contributed by atoms with van der Waals surface area (Å²) in [6.45, 7) is 1.99. The van der Waals surface area contributed by atoms with Gasteiger partial charge in [0.05, 0.1) is 4.92 Å². The molecular formula is C21H15N3O4. The molecule has 0 aliphatic carbocycles. The van der Waals surface area contributed by atoms with E-state index < -0.39 is 10.8 Å². The van der Waals surface area contributed by atoms with Gasteiger partial charge in [-0.2, -0.15) is 5.26 Å². The Kier molecular flexibility index (Phi) is 5.33. The topological polar surface area (TPSA) is 109 Å². The van der Waals surface area contributed by atoms with Crippen molar-refractivity contribution in [2.45, 2.75) is 6.92 Å². The van der Waals surface area contributed by atoms with Crippen LogP contribution in [0.4, 0.5) is 11.4 Å². The second-order valence-corrected chi connectivity index (χ2v) is 6.00. The van der Waals surface area contributed by atoms with Gasteiger partial charge in [0.15, 0.2) is 0 Å². The molecule has 0 saturated heterocycles. The molecule has 0 fully saturated rings. The summed E-state index contributed by atoms with van der Waals surface area (Å²) < 4.78 is 5.70. The van der Waals surface area contributed by atoms with Gasteiger partial charge in [-0.1, -0.05) is 35.9 Å². The van der Waals surface area contributed by atoms with Gasteiger partial charge in [0.1, 0.15) is 23.2 Å². The number of furan rings is 1. The first-order chi connectivity index (χ1) is 13.5. The molecule has 0 radical (unpaired) electrons. The highest BCUT2D eigenvalue weighted by molar-refractivity contribution is 6.09. The summed E-state index contributed by atoms with van der Waals surface area (Å²) in [6, 6.07) is 18.5. The number of hydrogen-bond acceptors (Lipinski definition) is 5. The molecule has 3 rings (SSSR count). The summed E-state index contributed by atoms with van der Waals surface area (Å²) in [5.74, 6) is 0.278. The summed E-state index contributed by atoms with van der Waals surface area (Å²) in [6.07, 6.45) is 1.32. The van der Waals surface area contributed by atoms with Crippen LogP contribution in [0.5, 0.6) is 0 Å². The Morgan fingerprint density at radius 3 is 2.61 bits per heavy atom. The maximum atomic E-state index is 12.3. The molecule has 0 spiro atoms. The molecule has 3 aromatic rings. The van der Waals surface area contributed by atoms with E-state index in [-0.39, 0.29) is 16.9 Å². The monoisotopic (exact) mass is 373 g/mol. The van der Waals surface area contributed by atoms with Crippen molar-refractivity contribution in [3.63, 3.8) is 0 Å². The largest absolute Gasteiger partial charge is 0.457 e. The van der Waals surface area contributed by atoms with Crippen LogP contribution in [-0.4, -0.2) is 10.8 Å². The molecular weight excluding hydrogens is 358 g/mol. The molecule has 1 heterocycles. The number of carbonyl (C=O) groups excluding carboxylic acids is 1. The highest BCUT2D eigenvalue weighted by atomic mass is 16.6. The standard InChI is InChI=1S/C21H15N3O4/c1-14-5-7-15(8-6-14)20-10-9-19(28-20)11-16(13-22)21(25)23-17-3-2-4-18(12-17)24(26)27/h2-12H,1H3,(H,23,25). The van der Waals surface area contributed by atoms with E-state index in [1.165, 1.54) is 30.3 Å². The summed E-state index contributed by atoms with van der Waals surface area (Å²) in [4.78, 5) is 22.6. The molecule has 28 heavy (non-hydrogen) atoms. The van der Waals surface area contributed by atoms with Crippen molar-refractivity contribution < 1.29 is 14.1 Å². The van der Waals surface area contributed by atoms with Crippen LogP contribution in [-0.2, 0) is 4.79 Å². The molecule has 1 N–H and O–H groups in total. The first kappa shape index (κ1) is 18.6. The van der Waals surface area contributed by atoms with E-state index in [1.807, 2.05) is 37.3 Å². The number of nitro groups is 1. The van der Waals surface area contributed by atoms with E-state index >= 15 is 0 Å². The molecule has 138 valence electrons. The number of nitriles is 1. The first-order valence-corrected chi connectivity index (χ1v) is 8.31. The minimum absolute atomic E-state index is 0.158. The minimum atomic E-state index is -0.684. The maximum absolute atomic E-state index is 12.3. The number of rotatable bonds is 5. The third-order valence-corrected chi connectivity index (χ3v) is 3.93. The van der Waals surface area contributed by atoms with Crippen LogP contribution in [0.25, 0.3) is 17.4 Å². The van der Waals surface area contributed by atoms with Crippen LogP contribution in [0, 0.1) is 28.4 Å². The van der Waals surface area contributed by atoms with Crippen LogP contribution in [0.15, 0.2) is 70.7 Å². The fourth-order valence-electron chi connectivity index (χ4n) is 2.49. The van der Waals surface area contributed by atoms with Crippen LogP contribution >= 0.6 is 0 Å². The quantitative estimate of drug-likeness (QED) is 0.301. The molecule has 0 aliphatic heterocycles. The van der Waals surface area contributed by atoms with Crippen LogP contribution in [0.1, 0.15) is 11.3 Å². The zero-order valence-electron chi connectivity index (χ0n) is 14.9. The van der Waals surface area contributed by atoms with Crippen molar-refractivity contribution >= 4 is 23.4 Å². The Balaban J connectivity index is 1.79. The number of nitrogens with one attached hydrogen (secondary N) is 1. The Labute approximate surface area is 160 Å². The number of non-ortho nitro benzene ring substituents is 1. The number of anilines is 1. The molecule has 0 saturated carbocycles. The zero-order valence-corrected chi connectivity index (χ0v) is 14.9. The number of benzene rings is 2. The third-order valence-electron chi connectivity index (χ3n) is 3.93. The van der Waals surface area contributed by atoms with Crippen molar-refractivity contribution in [3.8, 4) is 17.4 Å². The lowest BCUT2D eigenvalue weighted by Crippen LogP contribution is -2.13. The summed E-state index contributed by atoms with van der Waals surface area (Å²) in [5.41, 5.74) is 1.88.